The Morgan fingerprint density at radius 2 is 1.69 bits per heavy atom. The minimum atomic E-state index is -0.140. The summed E-state index contributed by atoms with van der Waals surface area (Å²) < 4.78 is 5.66. The summed E-state index contributed by atoms with van der Waals surface area (Å²) in [5.41, 5.74) is 3.47. The molecule has 0 bridgehead atoms. The Balaban J connectivity index is 1.44. The van der Waals surface area contributed by atoms with Gasteiger partial charge in [0.15, 0.2) is 0 Å². The number of nitrogens with zero attached hydrogens (tertiary/aromatic N) is 1. The van der Waals surface area contributed by atoms with Crippen LogP contribution in [0.25, 0.3) is 0 Å². The zero-order chi connectivity index (χ0) is 22.3. The molecule has 1 atom stereocenters. The number of para-hydroxylation sites is 1. The number of hydrogen-bond acceptors (Lipinski definition) is 3. The molecule has 0 radical (unpaired) electrons. The second kappa shape index (κ2) is 10.1. The number of amides is 2. The van der Waals surface area contributed by atoms with Crippen molar-refractivity contribution < 1.29 is 14.3 Å². The van der Waals surface area contributed by atoms with Gasteiger partial charge in [-0.1, -0.05) is 60.7 Å². The molecule has 1 aliphatic rings. The number of fused-ring (bicyclic) bond motifs is 1. The van der Waals surface area contributed by atoms with E-state index >= 15 is 0 Å². The van der Waals surface area contributed by atoms with E-state index in [9.17, 15) is 9.59 Å². The topological polar surface area (TPSA) is 58.6 Å². The molecule has 1 heterocycles. The van der Waals surface area contributed by atoms with E-state index in [1.54, 1.807) is 11.0 Å². The fraction of sp³-hybridized carbons (Fsp3) is 0.259. The summed E-state index contributed by atoms with van der Waals surface area (Å²) in [5, 5.41) is 3.02. The maximum atomic E-state index is 13.0. The van der Waals surface area contributed by atoms with Crippen LogP contribution in [0.1, 0.15) is 38.3 Å². The van der Waals surface area contributed by atoms with E-state index < -0.39 is 0 Å². The molecule has 0 aliphatic carbocycles. The van der Waals surface area contributed by atoms with Crippen LogP contribution in [0.5, 0.6) is 5.75 Å². The molecule has 5 nitrogen and oxygen atoms in total. The van der Waals surface area contributed by atoms with Gasteiger partial charge in [-0.05, 0) is 42.2 Å². The molecule has 3 aromatic carbocycles. The number of benzene rings is 3. The van der Waals surface area contributed by atoms with Gasteiger partial charge in [0.25, 0.3) is 11.8 Å². The van der Waals surface area contributed by atoms with Crippen molar-refractivity contribution in [2.45, 2.75) is 25.3 Å². The minimum Gasteiger partial charge on any atom is -0.492 e. The van der Waals surface area contributed by atoms with E-state index in [-0.39, 0.29) is 17.9 Å². The highest BCUT2D eigenvalue weighted by molar-refractivity contribution is 5.97. The molecule has 0 spiro atoms. The molecule has 4 rings (SSSR count). The van der Waals surface area contributed by atoms with Crippen molar-refractivity contribution in [2.24, 2.45) is 0 Å². The number of rotatable bonds is 8. The summed E-state index contributed by atoms with van der Waals surface area (Å²) in [5.74, 6) is 0.536. The highest BCUT2D eigenvalue weighted by atomic mass is 16.5. The lowest BCUT2D eigenvalue weighted by Crippen LogP contribution is -2.41. The molecule has 1 N–H and O–H groups in total. The quantitative estimate of drug-likeness (QED) is 0.587. The van der Waals surface area contributed by atoms with Gasteiger partial charge in [-0.2, -0.15) is 0 Å². The van der Waals surface area contributed by atoms with Crippen molar-refractivity contribution in [1.29, 1.82) is 0 Å². The molecule has 0 saturated heterocycles. The molecule has 0 aromatic heterocycles. The number of likely N-dealkylation sites (N-methyl/N-ethyl adjacent to an activating group) is 1. The first kappa shape index (κ1) is 21.6. The number of carbonyl (C=O) groups excluding carboxylic acids is 2. The second-order valence-electron chi connectivity index (χ2n) is 8.06. The molecule has 3 aromatic rings. The van der Waals surface area contributed by atoms with Crippen LogP contribution < -0.4 is 10.1 Å². The lowest BCUT2D eigenvalue weighted by molar-refractivity contribution is 0.0723. The van der Waals surface area contributed by atoms with E-state index in [0.29, 0.717) is 36.4 Å². The van der Waals surface area contributed by atoms with Gasteiger partial charge in [-0.15, -0.1) is 0 Å². The van der Waals surface area contributed by atoms with Crippen LogP contribution in [0.2, 0.25) is 0 Å². The lowest BCUT2D eigenvalue weighted by Gasteiger charge is -2.29. The van der Waals surface area contributed by atoms with Gasteiger partial charge in [-0.25, -0.2) is 0 Å². The lowest BCUT2D eigenvalue weighted by atomic mass is 10.0. The Hall–Kier alpha value is -3.60. The summed E-state index contributed by atoms with van der Waals surface area (Å²) >= 11 is 0. The van der Waals surface area contributed by atoms with Crippen LogP contribution in [0.3, 0.4) is 0 Å². The van der Waals surface area contributed by atoms with Crippen molar-refractivity contribution >= 4 is 11.8 Å². The van der Waals surface area contributed by atoms with Crippen LogP contribution in [0.15, 0.2) is 78.9 Å². The number of ether oxygens (including phenoxy) is 1. The van der Waals surface area contributed by atoms with Gasteiger partial charge >= 0.3 is 0 Å². The van der Waals surface area contributed by atoms with E-state index in [1.165, 1.54) is 0 Å². The predicted molar refractivity (Wildman–Crippen MR) is 125 cm³/mol. The van der Waals surface area contributed by atoms with Crippen molar-refractivity contribution in [2.75, 3.05) is 20.2 Å². The smallest absolute Gasteiger partial charge is 0.255 e. The monoisotopic (exact) mass is 428 g/mol. The van der Waals surface area contributed by atoms with Crippen molar-refractivity contribution in [3.63, 3.8) is 0 Å². The van der Waals surface area contributed by atoms with Gasteiger partial charge < -0.3 is 15.0 Å². The summed E-state index contributed by atoms with van der Waals surface area (Å²) in [6.07, 6.45) is 2.20. The Labute approximate surface area is 189 Å². The minimum absolute atomic E-state index is 0.0212. The summed E-state index contributed by atoms with van der Waals surface area (Å²) in [6.45, 7) is 1.08. The Kier molecular flexibility index (Phi) is 6.85. The fourth-order valence-electron chi connectivity index (χ4n) is 4.11. The SMILES string of the molecule is CN(C(=O)c1ccccc1)C(CCNC(=O)c1cccc2c1OCC2)Cc1ccccc1. The molecular formula is C27H28N2O3. The Morgan fingerprint density at radius 3 is 2.44 bits per heavy atom. The number of carbonyl (C=O) groups is 2. The van der Waals surface area contributed by atoms with Crippen LogP contribution in [-0.4, -0.2) is 43.0 Å². The molecule has 5 heteroatoms. The Bertz CT molecular complexity index is 1070. The summed E-state index contributed by atoms with van der Waals surface area (Å²) in [7, 11) is 1.84. The van der Waals surface area contributed by atoms with Gasteiger partial charge in [0.2, 0.25) is 0 Å². The van der Waals surface area contributed by atoms with Crippen LogP contribution in [-0.2, 0) is 12.8 Å². The third kappa shape index (κ3) is 4.99. The van der Waals surface area contributed by atoms with Gasteiger partial charge in [-0.3, -0.25) is 9.59 Å². The second-order valence-corrected chi connectivity index (χ2v) is 8.06. The first-order chi connectivity index (χ1) is 15.6. The van der Waals surface area contributed by atoms with Crippen molar-refractivity contribution in [3.05, 3.63) is 101 Å². The molecule has 1 aliphatic heterocycles. The van der Waals surface area contributed by atoms with Crippen LogP contribution >= 0.6 is 0 Å². The average molecular weight is 429 g/mol. The summed E-state index contributed by atoms with van der Waals surface area (Å²) in [4.78, 5) is 27.6. The average Bonchev–Trinajstić information content (AvgIpc) is 3.32. The zero-order valence-electron chi connectivity index (χ0n) is 18.3. The third-order valence-electron chi connectivity index (χ3n) is 5.93. The first-order valence-corrected chi connectivity index (χ1v) is 11.0. The largest absolute Gasteiger partial charge is 0.492 e. The molecule has 32 heavy (non-hydrogen) atoms. The highest BCUT2D eigenvalue weighted by Crippen LogP contribution is 2.29. The fourth-order valence-corrected chi connectivity index (χ4v) is 4.11. The van der Waals surface area contributed by atoms with Crippen molar-refractivity contribution in [3.8, 4) is 5.75 Å². The van der Waals surface area contributed by atoms with Gasteiger partial charge in [0, 0.05) is 31.6 Å². The van der Waals surface area contributed by atoms with Crippen molar-refractivity contribution in [1.82, 2.24) is 10.2 Å². The molecule has 2 amide bonds. The highest BCUT2D eigenvalue weighted by Gasteiger charge is 2.23. The zero-order valence-corrected chi connectivity index (χ0v) is 18.3. The van der Waals surface area contributed by atoms with E-state index in [2.05, 4.69) is 17.4 Å². The standard InChI is InChI=1S/C27H28N2O3/c1-29(27(31)22-11-6-3-7-12-22)23(19-20-9-4-2-5-10-20)15-17-28-26(30)24-14-8-13-21-16-18-32-25(21)24/h2-14,23H,15-19H2,1H3,(H,28,30). The Morgan fingerprint density at radius 1 is 0.969 bits per heavy atom. The molecule has 0 saturated carbocycles. The van der Waals surface area contributed by atoms with Gasteiger partial charge in [0.1, 0.15) is 5.75 Å². The normalized spacial score (nSPS) is 13.0. The van der Waals surface area contributed by atoms with E-state index in [4.69, 9.17) is 4.74 Å². The maximum absolute atomic E-state index is 13.0. The number of hydrogen-bond donors (Lipinski definition) is 1. The van der Waals surface area contributed by atoms with Crippen LogP contribution in [0, 0.1) is 0 Å². The third-order valence-corrected chi connectivity index (χ3v) is 5.93. The molecule has 164 valence electrons. The number of nitrogens with one attached hydrogen (secondary N) is 1. The first-order valence-electron chi connectivity index (χ1n) is 11.0. The van der Waals surface area contributed by atoms with E-state index in [0.717, 1.165) is 24.0 Å². The van der Waals surface area contributed by atoms with Crippen LogP contribution in [0.4, 0.5) is 0 Å². The molecular weight excluding hydrogens is 400 g/mol. The van der Waals surface area contributed by atoms with E-state index in [1.807, 2.05) is 67.7 Å². The van der Waals surface area contributed by atoms with Gasteiger partial charge in [0.05, 0.1) is 12.2 Å². The summed E-state index contributed by atoms with van der Waals surface area (Å²) in [6, 6.07) is 25.1. The predicted octanol–water partition coefficient (Wildman–Crippen LogP) is 4.12. The maximum Gasteiger partial charge on any atom is 0.255 e. The molecule has 1 unspecified atom stereocenters. The molecule has 0 fully saturated rings.